The summed E-state index contributed by atoms with van der Waals surface area (Å²) in [6.07, 6.45) is 3.34. The third-order valence-electron chi connectivity index (χ3n) is 3.23. The van der Waals surface area contributed by atoms with Gasteiger partial charge in [0.15, 0.2) is 0 Å². The topological polar surface area (TPSA) is 118 Å². The molecule has 0 aliphatic heterocycles. The van der Waals surface area contributed by atoms with Crippen LogP contribution in [0.4, 0.5) is 0 Å². The first-order chi connectivity index (χ1) is 11.9. The number of amides is 2. The predicted molar refractivity (Wildman–Crippen MR) is 91.2 cm³/mol. The number of sulfonamides is 1. The molecule has 0 spiro atoms. The van der Waals surface area contributed by atoms with Gasteiger partial charge in [0.25, 0.3) is 0 Å². The number of hydrogen-bond acceptors (Lipinski definition) is 6. The van der Waals surface area contributed by atoms with Gasteiger partial charge >= 0.3 is 0 Å². The lowest BCUT2D eigenvalue weighted by atomic mass is 10.3. The fourth-order valence-corrected chi connectivity index (χ4v) is 2.87. The third-order valence-corrected chi connectivity index (χ3v) is 4.68. The van der Waals surface area contributed by atoms with Crippen molar-refractivity contribution in [3.63, 3.8) is 0 Å². The Hall–Kier alpha value is -2.04. The Morgan fingerprint density at radius 1 is 1.32 bits per heavy atom. The van der Waals surface area contributed by atoms with Crippen LogP contribution < -0.4 is 10.0 Å². The van der Waals surface area contributed by atoms with Crippen molar-refractivity contribution in [3.05, 3.63) is 24.5 Å². The van der Waals surface area contributed by atoms with Crippen LogP contribution in [0.15, 0.2) is 29.4 Å². The SMILES string of the molecule is COCCCNC(=O)CN(C)C(=O)CCNS(=O)(=O)c1cccnc1. The molecule has 9 nitrogen and oxygen atoms in total. The van der Waals surface area contributed by atoms with Crippen molar-refractivity contribution in [1.82, 2.24) is 19.9 Å². The zero-order valence-electron chi connectivity index (χ0n) is 14.4. The molecular formula is C15H24N4O5S. The number of carbonyl (C=O) groups is 2. The van der Waals surface area contributed by atoms with Crippen molar-refractivity contribution in [2.75, 3.05) is 40.4 Å². The average molecular weight is 372 g/mol. The van der Waals surface area contributed by atoms with Gasteiger partial charge in [-0.1, -0.05) is 0 Å². The maximum atomic E-state index is 12.0. The summed E-state index contributed by atoms with van der Waals surface area (Å²) in [6, 6.07) is 2.93. The summed E-state index contributed by atoms with van der Waals surface area (Å²) in [5, 5.41) is 2.67. The molecule has 0 saturated heterocycles. The molecule has 0 aliphatic carbocycles. The molecule has 0 fully saturated rings. The number of ether oxygens (including phenoxy) is 1. The molecule has 0 saturated carbocycles. The van der Waals surface area contributed by atoms with Crippen molar-refractivity contribution < 1.29 is 22.7 Å². The maximum Gasteiger partial charge on any atom is 0.242 e. The highest BCUT2D eigenvalue weighted by Gasteiger charge is 2.16. The van der Waals surface area contributed by atoms with Crippen LogP contribution in [0.5, 0.6) is 0 Å². The summed E-state index contributed by atoms with van der Waals surface area (Å²) < 4.78 is 31.2. The van der Waals surface area contributed by atoms with E-state index in [9.17, 15) is 18.0 Å². The van der Waals surface area contributed by atoms with Crippen LogP contribution in [0.2, 0.25) is 0 Å². The van der Waals surface area contributed by atoms with Crippen LogP contribution in [-0.2, 0) is 24.3 Å². The third kappa shape index (κ3) is 8.05. The van der Waals surface area contributed by atoms with Crippen molar-refractivity contribution in [2.45, 2.75) is 17.7 Å². The van der Waals surface area contributed by atoms with Gasteiger partial charge in [-0.3, -0.25) is 14.6 Å². The molecule has 0 unspecified atom stereocenters. The van der Waals surface area contributed by atoms with Gasteiger partial charge in [-0.05, 0) is 18.6 Å². The van der Waals surface area contributed by atoms with E-state index in [2.05, 4.69) is 15.0 Å². The van der Waals surface area contributed by atoms with E-state index in [0.717, 1.165) is 0 Å². The Labute approximate surface area is 147 Å². The standard InChI is InChI=1S/C15H24N4O5S/c1-19(12-14(20)17-8-4-10-24-2)15(21)6-9-18-25(22,23)13-5-3-7-16-11-13/h3,5,7,11,18H,4,6,8-10,12H2,1-2H3,(H,17,20). The Kier molecular flexibility index (Phi) is 9.03. The Balaban J connectivity index is 2.32. The van der Waals surface area contributed by atoms with Crippen molar-refractivity contribution in [1.29, 1.82) is 0 Å². The Morgan fingerprint density at radius 3 is 2.72 bits per heavy atom. The monoisotopic (exact) mass is 372 g/mol. The van der Waals surface area contributed by atoms with Crippen molar-refractivity contribution in [2.24, 2.45) is 0 Å². The summed E-state index contributed by atoms with van der Waals surface area (Å²) in [4.78, 5) is 28.7. The molecule has 140 valence electrons. The molecule has 2 amide bonds. The number of carbonyl (C=O) groups excluding carboxylic acids is 2. The molecule has 0 bridgehead atoms. The molecule has 10 heteroatoms. The van der Waals surface area contributed by atoms with E-state index < -0.39 is 10.0 Å². The lowest BCUT2D eigenvalue weighted by Crippen LogP contribution is -2.40. The highest BCUT2D eigenvalue weighted by atomic mass is 32.2. The quantitative estimate of drug-likeness (QED) is 0.499. The molecule has 1 aromatic heterocycles. The lowest BCUT2D eigenvalue weighted by Gasteiger charge is -2.17. The normalized spacial score (nSPS) is 11.1. The first kappa shape index (κ1) is 21.0. The number of nitrogens with zero attached hydrogens (tertiary/aromatic N) is 2. The Morgan fingerprint density at radius 2 is 2.08 bits per heavy atom. The van der Waals surface area contributed by atoms with Gasteiger partial charge in [0.1, 0.15) is 4.90 Å². The minimum absolute atomic E-state index is 0.0336. The van der Waals surface area contributed by atoms with Crippen LogP contribution in [-0.4, -0.2) is 70.5 Å². The maximum absolute atomic E-state index is 12.0. The number of likely N-dealkylation sites (N-methyl/N-ethyl adjacent to an activating group) is 1. The van der Waals surface area contributed by atoms with E-state index >= 15 is 0 Å². The van der Waals surface area contributed by atoms with Gasteiger partial charge in [0.2, 0.25) is 21.8 Å². The summed E-state index contributed by atoms with van der Waals surface area (Å²) in [5.41, 5.74) is 0. The number of rotatable bonds is 11. The largest absolute Gasteiger partial charge is 0.385 e. The molecule has 1 heterocycles. The minimum Gasteiger partial charge on any atom is -0.385 e. The van der Waals surface area contributed by atoms with Crippen LogP contribution in [0.1, 0.15) is 12.8 Å². The average Bonchev–Trinajstić information content (AvgIpc) is 2.59. The molecule has 2 N–H and O–H groups in total. The fraction of sp³-hybridized carbons (Fsp3) is 0.533. The second-order valence-electron chi connectivity index (χ2n) is 5.28. The van der Waals surface area contributed by atoms with Gasteiger partial charge < -0.3 is 15.0 Å². The van der Waals surface area contributed by atoms with E-state index in [1.54, 1.807) is 7.11 Å². The molecule has 0 atom stereocenters. The number of hydrogen-bond donors (Lipinski definition) is 2. The van der Waals surface area contributed by atoms with Crippen molar-refractivity contribution >= 4 is 21.8 Å². The zero-order valence-corrected chi connectivity index (χ0v) is 15.2. The van der Waals surface area contributed by atoms with E-state index in [4.69, 9.17) is 4.74 Å². The molecule has 1 aromatic rings. The summed E-state index contributed by atoms with van der Waals surface area (Å²) in [5.74, 6) is -0.608. The van der Waals surface area contributed by atoms with Gasteiger partial charge in [0, 0.05) is 52.7 Å². The second-order valence-corrected chi connectivity index (χ2v) is 7.05. The van der Waals surface area contributed by atoms with Crippen LogP contribution >= 0.6 is 0 Å². The molecule has 0 aromatic carbocycles. The number of pyridine rings is 1. The van der Waals surface area contributed by atoms with Crippen LogP contribution in [0, 0.1) is 0 Å². The molecular weight excluding hydrogens is 348 g/mol. The second kappa shape index (κ2) is 10.7. The summed E-state index contributed by atoms with van der Waals surface area (Å²) in [6.45, 7) is 0.878. The van der Waals surface area contributed by atoms with E-state index in [1.165, 1.54) is 36.5 Å². The molecule has 1 rings (SSSR count). The van der Waals surface area contributed by atoms with E-state index in [0.29, 0.717) is 19.6 Å². The minimum atomic E-state index is -3.70. The van der Waals surface area contributed by atoms with Crippen molar-refractivity contribution in [3.8, 4) is 0 Å². The highest BCUT2D eigenvalue weighted by molar-refractivity contribution is 7.89. The number of nitrogens with one attached hydrogen (secondary N) is 2. The van der Waals surface area contributed by atoms with Crippen LogP contribution in [0.25, 0.3) is 0 Å². The van der Waals surface area contributed by atoms with E-state index in [-0.39, 0.29) is 36.2 Å². The highest BCUT2D eigenvalue weighted by Crippen LogP contribution is 2.05. The first-order valence-corrected chi connectivity index (χ1v) is 9.24. The Bertz CT molecular complexity index is 651. The first-order valence-electron chi connectivity index (χ1n) is 7.76. The number of aromatic nitrogens is 1. The molecule has 0 radical (unpaired) electrons. The summed E-state index contributed by atoms with van der Waals surface area (Å²) in [7, 11) is -0.624. The van der Waals surface area contributed by atoms with Gasteiger partial charge in [-0.15, -0.1) is 0 Å². The molecule has 25 heavy (non-hydrogen) atoms. The fourth-order valence-electron chi connectivity index (χ4n) is 1.88. The van der Waals surface area contributed by atoms with E-state index in [1.807, 2.05) is 0 Å². The predicted octanol–water partition coefficient (Wildman–Crippen LogP) is -0.639. The zero-order chi connectivity index (χ0) is 18.7. The smallest absolute Gasteiger partial charge is 0.242 e. The van der Waals surface area contributed by atoms with Crippen LogP contribution in [0.3, 0.4) is 0 Å². The summed E-state index contributed by atoms with van der Waals surface area (Å²) >= 11 is 0. The molecule has 0 aliphatic rings. The lowest BCUT2D eigenvalue weighted by molar-refractivity contribution is -0.134. The van der Waals surface area contributed by atoms with Gasteiger partial charge in [-0.25, -0.2) is 13.1 Å². The van der Waals surface area contributed by atoms with Gasteiger partial charge in [-0.2, -0.15) is 0 Å². The van der Waals surface area contributed by atoms with Gasteiger partial charge in [0.05, 0.1) is 6.54 Å². The number of methoxy groups -OCH3 is 1.